The maximum Gasteiger partial charge on any atom is 0.416 e. The van der Waals surface area contributed by atoms with E-state index in [0.29, 0.717) is 6.07 Å². The molecule has 1 aromatic carbocycles. The van der Waals surface area contributed by atoms with Gasteiger partial charge >= 0.3 is 12.4 Å². The highest BCUT2D eigenvalue weighted by Crippen LogP contribution is 2.37. The van der Waals surface area contributed by atoms with Gasteiger partial charge in [-0.15, -0.1) is 0 Å². The Morgan fingerprint density at radius 1 is 1.11 bits per heavy atom. The number of hydrogen-bond acceptors (Lipinski definition) is 3. The molecule has 0 saturated heterocycles. The van der Waals surface area contributed by atoms with Crippen LogP contribution in [0, 0.1) is 10.1 Å². The molecule has 1 atom stereocenters. The number of rotatable bonds is 2. The molecule has 19 heavy (non-hydrogen) atoms. The summed E-state index contributed by atoms with van der Waals surface area (Å²) in [6.07, 6.45) is -10.0. The Balaban J connectivity index is 3.41. The highest BCUT2D eigenvalue weighted by atomic mass is 19.4. The van der Waals surface area contributed by atoms with Crippen LogP contribution in [-0.4, -0.2) is 11.1 Å². The molecule has 0 radical (unpaired) electrons. The van der Waals surface area contributed by atoms with Crippen LogP contribution < -0.4 is 5.73 Å². The average Bonchev–Trinajstić information content (AvgIpc) is 2.24. The summed E-state index contributed by atoms with van der Waals surface area (Å²) < 4.78 is 74.2. The molecule has 106 valence electrons. The average molecular weight is 288 g/mol. The van der Waals surface area contributed by atoms with Gasteiger partial charge in [-0.1, -0.05) is 0 Å². The molecule has 0 spiro atoms. The Labute approximate surface area is 102 Å². The van der Waals surface area contributed by atoms with Crippen LogP contribution in [0.15, 0.2) is 18.2 Å². The maximum atomic E-state index is 12.4. The van der Waals surface area contributed by atoms with Crippen molar-refractivity contribution in [3.63, 3.8) is 0 Å². The quantitative estimate of drug-likeness (QED) is 0.516. The van der Waals surface area contributed by atoms with Crippen LogP contribution in [0.1, 0.15) is 17.2 Å². The first-order valence-corrected chi connectivity index (χ1v) is 4.62. The number of halogens is 6. The van der Waals surface area contributed by atoms with E-state index >= 15 is 0 Å². The van der Waals surface area contributed by atoms with Crippen LogP contribution in [0.5, 0.6) is 0 Å². The third kappa shape index (κ3) is 3.56. The number of hydrogen-bond donors (Lipinski definition) is 1. The second-order valence-corrected chi connectivity index (χ2v) is 3.59. The zero-order valence-electron chi connectivity index (χ0n) is 8.92. The fourth-order valence-corrected chi connectivity index (χ4v) is 1.27. The highest BCUT2D eigenvalue weighted by molar-refractivity contribution is 5.42. The Morgan fingerprint density at radius 3 is 2.00 bits per heavy atom. The van der Waals surface area contributed by atoms with Gasteiger partial charge < -0.3 is 5.73 Å². The summed E-state index contributed by atoms with van der Waals surface area (Å²) in [6, 6.07) is -2.07. The number of non-ortho nitro benzene ring substituents is 1. The Morgan fingerprint density at radius 2 is 1.63 bits per heavy atom. The van der Waals surface area contributed by atoms with Gasteiger partial charge in [0.1, 0.15) is 6.04 Å². The predicted octanol–water partition coefficient (Wildman–Crippen LogP) is 3.18. The van der Waals surface area contributed by atoms with Crippen molar-refractivity contribution >= 4 is 5.69 Å². The first-order valence-electron chi connectivity index (χ1n) is 4.62. The van der Waals surface area contributed by atoms with Crippen molar-refractivity contribution in [3.05, 3.63) is 39.4 Å². The largest absolute Gasteiger partial charge is 0.416 e. The van der Waals surface area contributed by atoms with E-state index in [9.17, 15) is 36.5 Å². The van der Waals surface area contributed by atoms with Crippen LogP contribution >= 0.6 is 0 Å². The van der Waals surface area contributed by atoms with Gasteiger partial charge in [-0.3, -0.25) is 10.1 Å². The SMILES string of the molecule is NC(c1cc([N+](=O)[O-])cc(C(F)(F)F)c1)C(F)(F)F. The summed E-state index contributed by atoms with van der Waals surface area (Å²) in [5.74, 6) is 0. The molecule has 4 nitrogen and oxygen atoms in total. The smallest absolute Gasteiger partial charge is 0.316 e. The third-order valence-electron chi connectivity index (χ3n) is 2.19. The molecule has 2 N–H and O–H groups in total. The Bertz CT molecular complexity index is 496. The summed E-state index contributed by atoms with van der Waals surface area (Å²) in [7, 11) is 0. The molecule has 0 aromatic heterocycles. The standard InChI is InChI=1S/C9H6F6N2O2/c10-8(11,12)5-1-4(7(16)9(13,14)15)2-6(3-5)17(18)19/h1-3,7H,16H2. The van der Waals surface area contributed by atoms with Crippen molar-refractivity contribution in [1.82, 2.24) is 0 Å². The highest BCUT2D eigenvalue weighted by Gasteiger charge is 2.40. The zero-order chi connectivity index (χ0) is 15.0. The lowest BCUT2D eigenvalue weighted by molar-refractivity contribution is -0.385. The zero-order valence-corrected chi connectivity index (χ0v) is 8.92. The number of nitrogens with two attached hydrogens (primary N) is 1. The van der Waals surface area contributed by atoms with E-state index in [2.05, 4.69) is 0 Å². The lowest BCUT2D eigenvalue weighted by atomic mass is 10.0. The molecule has 0 heterocycles. The van der Waals surface area contributed by atoms with Crippen molar-refractivity contribution in [2.45, 2.75) is 18.4 Å². The van der Waals surface area contributed by atoms with Crippen molar-refractivity contribution in [3.8, 4) is 0 Å². The van der Waals surface area contributed by atoms with Crippen molar-refractivity contribution in [2.75, 3.05) is 0 Å². The second kappa shape index (κ2) is 4.68. The van der Waals surface area contributed by atoms with Gasteiger partial charge in [0.05, 0.1) is 10.5 Å². The molecule has 0 saturated carbocycles. The summed E-state index contributed by atoms with van der Waals surface area (Å²) in [5.41, 5.74) is 1.05. The molecule has 0 bridgehead atoms. The number of nitrogens with zero attached hydrogens (tertiary/aromatic N) is 1. The normalized spacial score (nSPS) is 14.3. The van der Waals surface area contributed by atoms with E-state index in [4.69, 9.17) is 5.73 Å². The molecule has 0 aliphatic rings. The molecular weight excluding hydrogens is 282 g/mol. The van der Waals surface area contributed by atoms with Crippen molar-refractivity contribution in [2.24, 2.45) is 5.73 Å². The van der Waals surface area contributed by atoms with Crippen LogP contribution in [-0.2, 0) is 6.18 Å². The van der Waals surface area contributed by atoms with Crippen LogP contribution in [0.4, 0.5) is 32.0 Å². The van der Waals surface area contributed by atoms with Crippen LogP contribution in [0.3, 0.4) is 0 Å². The molecule has 0 fully saturated rings. The molecule has 10 heteroatoms. The maximum absolute atomic E-state index is 12.4. The fourth-order valence-electron chi connectivity index (χ4n) is 1.27. The molecule has 1 unspecified atom stereocenters. The molecule has 0 aliphatic heterocycles. The fraction of sp³-hybridized carbons (Fsp3) is 0.333. The van der Waals surface area contributed by atoms with Gasteiger partial charge in [0, 0.05) is 12.1 Å². The summed E-state index contributed by atoms with van der Waals surface area (Å²) >= 11 is 0. The monoisotopic (exact) mass is 288 g/mol. The second-order valence-electron chi connectivity index (χ2n) is 3.59. The van der Waals surface area contributed by atoms with Crippen LogP contribution in [0.25, 0.3) is 0 Å². The van der Waals surface area contributed by atoms with E-state index in [1.165, 1.54) is 0 Å². The molecule has 1 aromatic rings. The summed E-state index contributed by atoms with van der Waals surface area (Å²) in [4.78, 5) is 9.20. The van der Waals surface area contributed by atoms with Gasteiger partial charge in [0.15, 0.2) is 0 Å². The predicted molar refractivity (Wildman–Crippen MR) is 51.1 cm³/mol. The minimum absolute atomic E-state index is 0.144. The van der Waals surface area contributed by atoms with Gasteiger partial charge in [0.2, 0.25) is 0 Å². The molecule has 0 amide bonds. The first-order chi connectivity index (χ1) is 8.43. The third-order valence-corrected chi connectivity index (χ3v) is 2.19. The molecule has 0 aliphatic carbocycles. The summed E-state index contributed by atoms with van der Waals surface area (Å²) in [5, 5.41) is 10.4. The first kappa shape index (κ1) is 15.2. The van der Waals surface area contributed by atoms with Crippen molar-refractivity contribution < 1.29 is 31.3 Å². The Hall–Kier alpha value is -1.84. The van der Waals surface area contributed by atoms with Gasteiger partial charge in [-0.25, -0.2) is 0 Å². The Kier molecular flexibility index (Phi) is 3.75. The van der Waals surface area contributed by atoms with Gasteiger partial charge in [0.25, 0.3) is 5.69 Å². The van der Waals surface area contributed by atoms with Crippen molar-refractivity contribution in [1.29, 1.82) is 0 Å². The topological polar surface area (TPSA) is 69.2 Å². The number of nitro groups is 1. The number of alkyl halides is 6. The van der Waals surface area contributed by atoms with E-state index in [1.807, 2.05) is 0 Å². The minimum Gasteiger partial charge on any atom is -0.316 e. The van der Waals surface area contributed by atoms with E-state index in [0.717, 1.165) is 0 Å². The van der Waals surface area contributed by atoms with Gasteiger partial charge in [-0.05, 0) is 11.6 Å². The van der Waals surface area contributed by atoms with E-state index < -0.39 is 40.1 Å². The number of nitro benzene ring substituents is 1. The minimum atomic E-state index is -5.01. The number of benzene rings is 1. The van der Waals surface area contributed by atoms with Crippen LogP contribution in [0.2, 0.25) is 0 Å². The lowest BCUT2D eigenvalue weighted by Gasteiger charge is -2.17. The lowest BCUT2D eigenvalue weighted by Crippen LogP contribution is -2.28. The van der Waals surface area contributed by atoms with Gasteiger partial charge in [-0.2, -0.15) is 26.3 Å². The molecule has 1 rings (SSSR count). The van der Waals surface area contributed by atoms with E-state index in [1.54, 1.807) is 0 Å². The summed E-state index contributed by atoms with van der Waals surface area (Å²) in [6.45, 7) is 0. The van der Waals surface area contributed by atoms with E-state index in [-0.39, 0.29) is 12.1 Å². The molecular formula is C9H6F6N2O2.